The minimum atomic E-state index is -0.192. The lowest BCUT2D eigenvalue weighted by molar-refractivity contribution is 0.0827. The van der Waals surface area contributed by atoms with Gasteiger partial charge in [-0.25, -0.2) is 0 Å². The molecule has 6 heteroatoms. The molecule has 0 heterocycles. The van der Waals surface area contributed by atoms with Gasteiger partial charge in [0, 0.05) is 31.8 Å². The fourth-order valence-electron chi connectivity index (χ4n) is 2.52. The fourth-order valence-corrected chi connectivity index (χ4v) is 2.52. The van der Waals surface area contributed by atoms with Crippen LogP contribution in [0.4, 0.5) is 0 Å². The number of rotatable bonds is 8. The minimum Gasteiger partial charge on any atom is -0.493 e. The van der Waals surface area contributed by atoms with Crippen LogP contribution in [0.2, 0.25) is 0 Å². The molecule has 0 aromatic heterocycles. The molecule has 0 fully saturated rings. The normalized spacial score (nSPS) is 10.4. The van der Waals surface area contributed by atoms with Crippen molar-refractivity contribution in [2.24, 2.45) is 5.73 Å². The predicted molar refractivity (Wildman–Crippen MR) is 106 cm³/mol. The molecule has 0 aliphatic heterocycles. The van der Waals surface area contributed by atoms with Crippen LogP contribution in [0.5, 0.6) is 5.75 Å². The molecule has 0 radical (unpaired) electrons. The Morgan fingerprint density at radius 1 is 1.11 bits per heavy atom. The first-order valence-electron chi connectivity index (χ1n) is 8.94. The van der Waals surface area contributed by atoms with E-state index in [0.29, 0.717) is 36.6 Å². The lowest BCUT2D eigenvalue weighted by atomic mass is 10.1. The van der Waals surface area contributed by atoms with Crippen molar-refractivity contribution >= 4 is 11.8 Å². The molecule has 0 aliphatic carbocycles. The number of carbonyl (C=O) groups excluding carboxylic acids is 2. The van der Waals surface area contributed by atoms with Crippen LogP contribution in [0.25, 0.3) is 0 Å². The molecule has 2 rings (SSSR count). The third kappa shape index (κ3) is 5.82. The number of amides is 2. The molecule has 144 valence electrons. The van der Waals surface area contributed by atoms with Crippen molar-refractivity contribution in [3.05, 3.63) is 64.7 Å². The molecule has 0 saturated heterocycles. The molecule has 0 aliphatic rings. The molecule has 0 saturated carbocycles. The average molecular weight is 369 g/mol. The second kappa shape index (κ2) is 9.73. The Bertz CT molecular complexity index is 803. The Hall–Kier alpha value is -2.86. The van der Waals surface area contributed by atoms with Gasteiger partial charge in [0.05, 0.1) is 6.61 Å². The summed E-state index contributed by atoms with van der Waals surface area (Å²) in [6.07, 6.45) is 0.762. The number of aryl methyl sites for hydroxylation is 1. The van der Waals surface area contributed by atoms with Gasteiger partial charge in [-0.15, -0.1) is 0 Å². The topological polar surface area (TPSA) is 84.7 Å². The molecule has 0 bridgehead atoms. The molecular weight excluding hydrogens is 342 g/mol. The molecule has 2 aromatic carbocycles. The van der Waals surface area contributed by atoms with E-state index in [-0.39, 0.29) is 11.8 Å². The summed E-state index contributed by atoms with van der Waals surface area (Å²) in [7, 11) is 3.42. The van der Waals surface area contributed by atoms with Crippen LogP contribution in [0.3, 0.4) is 0 Å². The number of carbonyl (C=O) groups is 2. The van der Waals surface area contributed by atoms with Crippen molar-refractivity contribution in [2.75, 3.05) is 27.2 Å². The Kier molecular flexibility index (Phi) is 7.37. The predicted octanol–water partition coefficient (Wildman–Crippen LogP) is 2.35. The average Bonchev–Trinajstić information content (AvgIpc) is 2.67. The summed E-state index contributed by atoms with van der Waals surface area (Å²) < 4.78 is 5.69. The molecule has 0 atom stereocenters. The number of nitrogens with zero attached hydrogens (tertiary/aromatic N) is 1. The highest BCUT2D eigenvalue weighted by Crippen LogP contribution is 2.20. The zero-order valence-electron chi connectivity index (χ0n) is 16.1. The molecular formula is C21H27N3O3. The van der Waals surface area contributed by atoms with Crippen molar-refractivity contribution in [3.63, 3.8) is 0 Å². The number of nitrogens with one attached hydrogen (secondary N) is 1. The number of benzene rings is 2. The Morgan fingerprint density at radius 3 is 2.59 bits per heavy atom. The summed E-state index contributed by atoms with van der Waals surface area (Å²) in [5.41, 5.74) is 8.44. The van der Waals surface area contributed by atoms with Crippen LogP contribution in [0, 0.1) is 6.92 Å². The van der Waals surface area contributed by atoms with E-state index >= 15 is 0 Å². The third-order valence-electron chi connectivity index (χ3n) is 4.09. The number of nitrogens with two attached hydrogens (primary N) is 1. The molecule has 2 aromatic rings. The van der Waals surface area contributed by atoms with Gasteiger partial charge in [0.15, 0.2) is 0 Å². The minimum absolute atomic E-state index is 0.0685. The van der Waals surface area contributed by atoms with E-state index in [0.717, 1.165) is 17.5 Å². The number of hydrogen-bond acceptors (Lipinski definition) is 4. The van der Waals surface area contributed by atoms with Gasteiger partial charge in [0.1, 0.15) is 5.75 Å². The highest BCUT2D eigenvalue weighted by atomic mass is 16.5. The van der Waals surface area contributed by atoms with E-state index in [1.165, 1.54) is 4.90 Å². The number of ether oxygens (including phenoxy) is 1. The van der Waals surface area contributed by atoms with Gasteiger partial charge in [-0.05, 0) is 55.3 Å². The van der Waals surface area contributed by atoms with Gasteiger partial charge in [0.2, 0.25) is 0 Å². The summed E-state index contributed by atoms with van der Waals surface area (Å²) in [5.74, 6) is 0.429. The Morgan fingerprint density at radius 2 is 1.89 bits per heavy atom. The Labute approximate surface area is 160 Å². The second-order valence-corrected chi connectivity index (χ2v) is 6.55. The van der Waals surface area contributed by atoms with Crippen LogP contribution < -0.4 is 15.8 Å². The van der Waals surface area contributed by atoms with E-state index in [9.17, 15) is 9.59 Å². The summed E-state index contributed by atoms with van der Waals surface area (Å²) in [5, 5.41) is 2.89. The summed E-state index contributed by atoms with van der Waals surface area (Å²) >= 11 is 0. The van der Waals surface area contributed by atoms with Crippen molar-refractivity contribution in [3.8, 4) is 5.75 Å². The second-order valence-electron chi connectivity index (χ2n) is 6.55. The SMILES string of the molecule is Cc1ccc(C(=O)NCc2cccc(C(=O)N(C)C)c2)cc1OCCCN. The maximum Gasteiger partial charge on any atom is 0.253 e. The fraction of sp³-hybridized carbons (Fsp3) is 0.333. The van der Waals surface area contributed by atoms with Crippen molar-refractivity contribution < 1.29 is 14.3 Å². The summed E-state index contributed by atoms with van der Waals surface area (Å²) in [6.45, 7) is 3.36. The highest BCUT2D eigenvalue weighted by Gasteiger charge is 2.11. The van der Waals surface area contributed by atoms with Crippen molar-refractivity contribution in [1.29, 1.82) is 0 Å². The molecule has 6 nitrogen and oxygen atoms in total. The molecule has 27 heavy (non-hydrogen) atoms. The van der Waals surface area contributed by atoms with Gasteiger partial charge in [0.25, 0.3) is 11.8 Å². The largest absolute Gasteiger partial charge is 0.493 e. The van der Waals surface area contributed by atoms with Crippen molar-refractivity contribution in [2.45, 2.75) is 19.9 Å². The first-order valence-corrected chi connectivity index (χ1v) is 8.94. The summed E-state index contributed by atoms with van der Waals surface area (Å²) in [4.78, 5) is 26.1. The molecule has 2 amide bonds. The zero-order valence-corrected chi connectivity index (χ0v) is 16.1. The van der Waals surface area contributed by atoms with Gasteiger partial charge in [-0.1, -0.05) is 18.2 Å². The first-order chi connectivity index (χ1) is 12.9. The van der Waals surface area contributed by atoms with Gasteiger partial charge >= 0.3 is 0 Å². The quantitative estimate of drug-likeness (QED) is 0.700. The lowest BCUT2D eigenvalue weighted by Crippen LogP contribution is -2.24. The van der Waals surface area contributed by atoms with Gasteiger partial charge in [-0.2, -0.15) is 0 Å². The first kappa shape index (κ1) is 20.5. The van der Waals surface area contributed by atoms with Gasteiger partial charge in [-0.3, -0.25) is 9.59 Å². The smallest absolute Gasteiger partial charge is 0.253 e. The van der Waals surface area contributed by atoms with Crippen LogP contribution >= 0.6 is 0 Å². The van der Waals surface area contributed by atoms with Gasteiger partial charge < -0.3 is 20.7 Å². The molecule has 0 spiro atoms. The Balaban J connectivity index is 2.02. The van der Waals surface area contributed by atoms with Crippen LogP contribution in [0.1, 0.15) is 38.3 Å². The van der Waals surface area contributed by atoms with E-state index in [1.54, 1.807) is 38.4 Å². The van der Waals surface area contributed by atoms with Crippen LogP contribution in [-0.2, 0) is 6.54 Å². The zero-order chi connectivity index (χ0) is 19.8. The maximum atomic E-state index is 12.5. The monoisotopic (exact) mass is 369 g/mol. The maximum absolute atomic E-state index is 12.5. The lowest BCUT2D eigenvalue weighted by Gasteiger charge is -2.12. The molecule has 0 unspecified atom stereocenters. The van der Waals surface area contributed by atoms with E-state index < -0.39 is 0 Å². The van der Waals surface area contributed by atoms with E-state index in [1.807, 2.05) is 25.1 Å². The third-order valence-corrected chi connectivity index (χ3v) is 4.09. The number of hydrogen-bond donors (Lipinski definition) is 2. The van der Waals surface area contributed by atoms with E-state index in [4.69, 9.17) is 10.5 Å². The van der Waals surface area contributed by atoms with E-state index in [2.05, 4.69) is 5.32 Å². The standard InChI is InChI=1S/C21H27N3O3/c1-15-8-9-17(13-19(15)27-11-5-10-22)20(25)23-14-16-6-4-7-18(12-16)21(26)24(2)3/h4,6-9,12-13H,5,10-11,14,22H2,1-3H3,(H,23,25). The molecule has 3 N–H and O–H groups in total. The highest BCUT2D eigenvalue weighted by molar-refractivity contribution is 5.95. The van der Waals surface area contributed by atoms with Crippen molar-refractivity contribution in [1.82, 2.24) is 10.2 Å². The van der Waals surface area contributed by atoms with Crippen LogP contribution in [-0.4, -0.2) is 44.0 Å². The summed E-state index contributed by atoms with van der Waals surface area (Å²) in [6, 6.07) is 12.6. The van der Waals surface area contributed by atoms with Crippen LogP contribution in [0.15, 0.2) is 42.5 Å².